The molecule has 1 aromatic heterocycles. The monoisotopic (exact) mass is 265 g/mol. The molecule has 0 aromatic carbocycles. The normalized spacial score (nSPS) is 19.2. The third kappa shape index (κ3) is 3.33. The highest BCUT2D eigenvalue weighted by atomic mass is 16.5. The van der Waals surface area contributed by atoms with Crippen LogP contribution in [-0.4, -0.2) is 40.2 Å². The lowest BCUT2D eigenvalue weighted by molar-refractivity contribution is -0.139. The van der Waals surface area contributed by atoms with Crippen molar-refractivity contribution in [1.82, 2.24) is 9.97 Å². The number of carboxylic acids is 1. The van der Waals surface area contributed by atoms with Crippen molar-refractivity contribution in [2.45, 2.75) is 38.6 Å². The molecule has 0 aliphatic carbocycles. The number of rotatable bonds is 5. The molecule has 1 saturated heterocycles. The van der Waals surface area contributed by atoms with E-state index in [-0.39, 0.29) is 0 Å². The van der Waals surface area contributed by atoms with Crippen LogP contribution in [0.2, 0.25) is 0 Å². The molecule has 0 radical (unpaired) electrons. The Bertz CT molecular complexity index is 439. The van der Waals surface area contributed by atoms with Crippen molar-refractivity contribution in [3.63, 3.8) is 0 Å². The van der Waals surface area contributed by atoms with Crippen molar-refractivity contribution in [3.05, 3.63) is 12.4 Å². The van der Waals surface area contributed by atoms with E-state index in [0.717, 1.165) is 19.3 Å². The molecule has 2 rings (SSSR count). The highest BCUT2D eigenvalue weighted by Gasteiger charge is 2.29. The molecular weight excluding hydrogens is 246 g/mol. The van der Waals surface area contributed by atoms with Crippen molar-refractivity contribution < 1.29 is 14.6 Å². The summed E-state index contributed by atoms with van der Waals surface area (Å²) in [5.74, 6) is 0.337. The van der Waals surface area contributed by atoms with E-state index in [9.17, 15) is 9.90 Å². The van der Waals surface area contributed by atoms with E-state index in [4.69, 9.17) is 4.74 Å². The molecule has 1 aromatic rings. The van der Waals surface area contributed by atoms with Gasteiger partial charge in [0.05, 0.1) is 6.61 Å². The van der Waals surface area contributed by atoms with Gasteiger partial charge in [-0.25, -0.2) is 14.8 Å². The van der Waals surface area contributed by atoms with E-state index in [1.54, 1.807) is 6.07 Å². The fourth-order valence-electron chi connectivity index (χ4n) is 2.24. The Morgan fingerprint density at radius 3 is 3.11 bits per heavy atom. The third-order valence-corrected chi connectivity index (χ3v) is 3.16. The predicted molar refractivity (Wildman–Crippen MR) is 70.4 cm³/mol. The van der Waals surface area contributed by atoms with Gasteiger partial charge in [-0.15, -0.1) is 0 Å². The van der Waals surface area contributed by atoms with Crippen LogP contribution in [0.1, 0.15) is 32.6 Å². The number of ether oxygens (including phenoxy) is 1. The molecule has 1 atom stereocenters. The fraction of sp³-hybridized carbons (Fsp3) is 0.615. The molecule has 0 bridgehead atoms. The Hall–Kier alpha value is -1.85. The zero-order valence-electron chi connectivity index (χ0n) is 11.1. The second kappa shape index (κ2) is 6.36. The SMILES string of the molecule is CCCOc1cc(N2CCCCC2C(=O)O)ncn1. The number of hydrogen-bond donors (Lipinski definition) is 1. The van der Waals surface area contributed by atoms with Gasteiger partial charge in [-0.2, -0.15) is 0 Å². The second-order valence-corrected chi connectivity index (χ2v) is 4.61. The number of nitrogens with zero attached hydrogens (tertiary/aromatic N) is 3. The summed E-state index contributed by atoms with van der Waals surface area (Å²) in [6.07, 6.45) is 4.91. The summed E-state index contributed by atoms with van der Waals surface area (Å²) >= 11 is 0. The molecule has 2 heterocycles. The van der Waals surface area contributed by atoms with Gasteiger partial charge in [-0.1, -0.05) is 6.92 Å². The highest BCUT2D eigenvalue weighted by molar-refractivity contribution is 5.78. The van der Waals surface area contributed by atoms with Crippen LogP contribution in [0, 0.1) is 0 Å². The molecular formula is C13H19N3O3. The van der Waals surface area contributed by atoms with Crippen molar-refractivity contribution in [2.75, 3.05) is 18.1 Å². The lowest BCUT2D eigenvalue weighted by atomic mass is 10.0. The van der Waals surface area contributed by atoms with Crippen LogP contribution in [0.5, 0.6) is 5.88 Å². The quantitative estimate of drug-likeness (QED) is 0.873. The van der Waals surface area contributed by atoms with Gasteiger partial charge in [0.15, 0.2) is 0 Å². The smallest absolute Gasteiger partial charge is 0.326 e. The maximum Gasteiger partial charge on any atom is 0.326 e. The molecule has 104 valence electrons. The van der Waals surface area contributed by atoms with Gasteiger partial charge in [-0.3, -0.25) is 0 Å². The molecule has 6 heteroatoms. The summed E-state index contributed by atoms with van der Waals surface area (Å²) in [6, 6.07) is 1.22. The van der Waals surface area contributed by atoms with Crippen LogP contribution in [0.4, 0.5) is 5.82 Å². The fourth-order valence-corrected chi connectivity index (χ4v) is 2.24. The summed E-state index contributed by atoms with van der Waals surface area (Å²) < 4.78 is 5.46. The number of aliphatic carboxylic acids is 1. The summed E-state index contributed by atoms with van der Waals surface area (Å²) in [4.78, 5) is 21.3. The minimum atomic E-state index is -0.797. The lowest BCUT2D eigenvalue weighted by Gasteiger charge is -2.33. The molecule has 1 unspecified atom stereocenters. The first kappa shape index (κ1) is 13.6. The van der Waals surface area contributed by atoms with Gasteiger partial charge in [0, 0.05) is 12.6 Å². The van der Waals surface area contributed by atoms with Crippen LogP contribution in [0.25, 0.3) is 0 Å². The lowest BCUT2D eigenvalue weighted by Crippen LogP contribution is -2.45. The number of carboxylic acid groups (broad SMARTS) is 1. The molecule has 19 heavy (non-hydrogen) atoms. The van der Waals surface area contributed by atoms with Crippen LogP contribution < -0.4 is 9.64 Å². The van der Waals surface area contributed by atoms with Gasteiger partial charge >= 0.3 is 5.97 Å². The van der Waals surface area contributed by atoms with E-state index in [1.807, 2.05) is 11.8 Å². The van der Waals surface area contributed by atoms with E-state index in [1.165, 1.54) is 6.33 Å². The highest BCUT2D eigenvalue weighted by Crippen LogP contribution is 2.25. The minimum absolute atomic E-state index is 0.498. The second-order valence-electron chi connectivity index (χ2n) is 4.61. The average molecular weight is 265 g/mol. The van der Waals surface area contributed by atoms with E-state index >= 15 is 0 Å². The number of hydrogen-bond acceptors (Lipinski definition) is 5. The van der Waals surface area contributed by atoms with Crippen LogP contribution >= 0.6 is 0 Å². The van der Waals surface area contributed by atoms with Crippen LogP contribution in [0.15, 0.2) is 12.4 Å². The van der Waals surface area contributed by atoms with Gasteiger partial charge in [0.25, 0.3) is 0 Å². The largest absolute Gasteiger partial charge is 0.480 e. The predicted octanol–water partition coefficient (Wildman–Crippen LogP) is 1.71. The molecule has 6 nitrogen and oxygen atoms in total. The van der Waals surface area contributed by atoms with Crippen molar-refractivity contribution in [3.8, 4) is 5.88 Å². The Morgan fingerprint density at radius 1 is 1.53 bits per heavy atom. The number of carbonyl (C=O) groups is 1. The molecule has 1 aliphatic heterocycles. The van der Waals surface area contributed by atoms with Crippen LogP contribution in [0.3, 0.4) is 0 Å². The maximum atomic E-state index is 11.3. The topological polar surface area (TPSA) is 75.5 Å². The number of aromatic nitrogens is 2. The van der Waals surface area contributed by atoms with Gasteiger partial charge in [0.1, 0.15) is 18.2 Å². The van der Waals surface area contributed by atoms with Crippen molar-refractivity contribution in [2.24, 2.45) is 0 Å². The summed E-state index contributed by atoms with van der Waals surface area (Å²) in [7, 11) is 0. The first-order chi connectivity index (χ1) is 9.22. The Labute approximate surface area is 112 Å². The molecule has 1 aliphatic rings. The van der Waals surface area contributed by atoms with Crippen LogP contribution in [-0.2, 0) is 4.79 Å². The Balaban J connectivity index is 2.16. The molecule has 1 fully saturated rings. The van der Waals surface area contributed by atoms with Crippen molar-refractivity contribution >= 4 is 11.8 Å². The van der Waals surface area contributed by atoms with E-state index in [2.05, 4.69) is 9.97 Å². The molecule has 0 spiro atoms. The first-order valence-corrected chi connectivity index (χ1v) is 6.66. The standard InChI is InChI=1S/C13H19N3O3/c1-2-7-19-12-8-11(14-9-15-12)16-6-4-3-5-10(16)13(17)18/h8-10H,2-7H2,1H3,(H,17,18). The van der Waals surface area contributed by atoms with Gasteiger partial charge < -0.3 is 14.7 Å². The summed E-state index contributed by atoms with van der Waals surface area (Å²) in [6.45, 7) is 3.33. The zero-order valence-corrected chi connectivity index (χ0v) is 11.1. The van der Waals surface area contributed by atoms with Gasteiger partial charge in [-0.05, 0) is 25.7 Å². The molecule has 0 saturated carbocycles. The minimum Gasteiger partial charge on any atom is -0.480 e. The zero-order chi connectivity index (χ0) is 13.7. The summed E-state index contributed by atoms with van der Waals surface area (Å²) in [5, 5.41) is 9.26. The Kier molecular flexibility index (Phi) is 4.54. The van der Waals surface area contributed by atoms with E-state index in [0.29, 0.717) is 31.3 Å². The maximum absolute atomic E-state index is 11.3. The van der Waals surface area contributed by atoms with Crippen molar-refractivity contribution in [1.29, 1.82) is 0 Å². The number of piperidine rings is 1. The first-order valence-electron chi connectivity index (χ1n) is 6.66. The van der Waals surface area contributed by atoms with Gasteiger partial charge in [0.2, 0.25) is 5.88 Å². The Morgan fingerprint density at radius 2 is 2.37 bits per heavy atom. The number of anilines is 1. The average Bonchev–Trinajstić information content (AvgIpc) is 2.45. The summed E-state index contributed by atoms with van der Waals surface area (Å²) in [5.41, 5.74) is 0. The molecule has 1 N–H and O–H groups in total. The third-order valence-electron chi connectivity index (χ3n) is 3.16. The van der Waals surface area contributed by atoms with E-state index < -0.39 is 12.0 Å². The molecule has 0 amide bonds.